The van der Waals surface area contributed by atoms with E-state index in [4.69, 9.17) is 9.52 Å². The van der Waals surface area contributed by atoms with Gasteiger partial charge in [0.05, 0.1) is 25.3 Å². The third-order valence-corrected chi connectivity index (χ3v) is 3.11. The average Bonchev–Trinajstić information content (AvgIpc) is 3.03. The van der Waals surface area contributed by atoms with Crippen LogP contribution in [0.2, 0.25) is 0 Å². The van der Waals surface area contributed by atoms with Gasteiger partial charge in [-0.1, -0.05) is 30.3 Å². The van der Waals surface area contributed by atoms with E-state index in [0.29, 0.717) is 18.8 Å². The molecule has 0 spiro atoms. The molecule has 0 radical (unpaired) electrons. The lowest BCUT2D eigenvalue weighted by Gasteiger charge is -2.16. The number of furan rings is 1. The van der Waals surface area contributed by atoms with Crippen LogP contribution in [-0.4, -0.2) is 23.0 Å². The summed E-state index contributed by atoms with van der Waals surface area (Å²) in [4.78, 5) is 23.1. The Morgan fingerprint density at radius 3 is 2.50 bits per heavy atom. The molecule has 6 heteroatoms. The topological polar surface area (TPSA) is 91.6 Å². The zero-order valence-corrected chi connectivity index (χ0v) is 12.0. The second-order valence-electron chi connectivity index (χ2n) is 4.81. The minimum absolute atomic E-state index is 0.290. The van der Waals surface area contributed by atoms with Crippen molar-refractivity contribution in [3.63, 3.8) is 0 Å². The molecular weight excluding hydrogens is 284 g/mol. The van der Waals surface area contributed by atoms with E-state index in [2.05, 4.69) is 10.6 Å². The smallest absolute Gasteiger partial charge is 0.305 e. The van der Waals surface area contributed by atoms with Crippen molar-refractivity contribution in [2.24, 2.45) is 0 Å². The minimum atomic E-state index is -1.04. The van der Waals surface area contributed by atoms with Gasteiger partial charge in [0.1, 0.15) is 5.76 Å². The van der Waals surface area contributed by atoms with E-state index >= 15 is 0 Å². The van der Waals surface area contributed by atoms with E-state index in [1.54, 1.807) is 12.1 Å². The van der Waals surface area contributed by atoms with Crippen molar-refractivity contribution in [2.75, 3.05) is 0 Å². The van der Waals surface area contributed by atoms with E-state index in [9.17, 15) is 9.59 Å². The van der Waals surface area contributed by atoms with Crippen molar-refractivity contribution >= 4 is 11.9 Å². The molecule has 0 bridgehead atoms. The highest BCUT2D eigenvalue weighted by Gasteiger charge is 2.21. The molecule has 3 N–H and O–H groups in total. The van der Waals surface area contributed by atoms with Crippen LogP contribution in [0.15, 0.2) is 53.1 Å². The molecule has 1 amide bonds. The monoisotopic (exact) mass is 302 g/mol. The van der Waals surface area contributed by atoms with Crippen LogP contribution < -0.4 is 10.6 Å². The normalized spacial score (nSPS) is 11.8. The molecule has 6 nitrogen and oxygen atoms in total. The molecule has 1 aromatic heterocycles. The first-order chi connectivity index (χ1) is 10.6. The first-order valence-corrected chi connectivity index (χ1v) is 6.94. The quantitative estimate of drug-likeness (QED) is 0.688. The molecule has 1 heterocycles. The molecule has 1 aromatic carbocycles. The summed E-state index contributed by atoms with van der Waals surface area (Å²) in [5.41, 5.74) is 0.955. The Hall–Kier alpha value is -2.60. The summed E-state index contributed by atoms with van der Waals surface area (Å²) >= 11 is 0. The largest absolute Gasteiger partial charge is 0.481 e. The van der Waals surface area contributed by atoms with Crippen molar-refractivity contribution in [1.29, 1.82) is 0 Å². The molecule has 0 saturated heterocycles. The molecule has 0 aliphatic heterocycles. The zero-order chi connectivity index (χ0) is 15.8. The number of aliphatic carboxylic acids is 1. The summed E-state index contributed by atoms with van der Waals surface area (Å²) in [5, 5.41) is 14.6. The average molecular weight is 302 g/mol. The molecule has 1 unspecified atom stereocenters. The van der Waals surface area contributed by atoms with Gasteiger partial charge in [0.15, 0.2) is 0 Å². The first-order valence-electron chi connectivity index (χ1n) is 6.94. The van der Waals surface area contributed by atoms with E-state index in [0.717, 1.165) is 5.56 Å². The minimum Gasteiger partial charge on any atom is -0.481 e. The highest BCUT2D eigenvalue weighted by atomic mass is 16.4. The van der Waals surface area contributed by atoms with Crippen LogP contribution in [0, 0.1) is 0 Å². The van der Waals surface area contributed by atoms with E-state index < -0.39 is 12.0 Å². The highest BCUT2D eigenvalue weighted by molar-refractivity contribution is 5.86. The van der Waals surface area contributed by atoms with Gasteiger partial charge >= 0.3 is 5.97 Å². The second-order valence-corrected chi connectivity index (χ2v) is 4.81. The predicted octanol–water partition coefficient (Wildman–Crippen LogP) is 1.53. The Morgan fingerprint density at radius 2 is 1.86 bits per heavy atom. The van der Waals surface area contributed by atoms with Gasteiger partial charge < -0.3 is 14.8 Å². The van der Waals surface area contributed by atoms with Crippen LogP contribution >= 0.6 is 0 Å². The van der Waals surface area contributed by atoms with Gasteiger partial charge in [0, 0.05) is 6.54 Å². The number of amides is 1. The Kier molecular flexibility index (Phi) is 5.73. The molecular formula is C16H18N2O4. The highest BCUT2D eigenvalue weighted by Crippen LogP contribution is 2.03. The van der Waals surface area contributed by atoms with Crippen molar-refractivity contribution < 1.29 is 19.1 Å². The summed E-state index contributed by atoms with van der Waals surface area (Å²) in [6, 6.07) is 12.1. The first kappa shape index (κ1) is 15.8. The van der Waals surface area contributed by atoms with Gasteiger partial charge in [-0.2, -0.15) is 0 Å². The number of rotatable bonds is 8. The van der Waals surface area contributed by atoms with Crippen LogP contribution in [0.3, 0.4) is 0 Å². The summed E-state index contributed by atoms with van der Waals surface area (Å²) < 4.78 is 5.16. The van der Waals surface area contributed by atoms with Gasteiger partial charge in [-0.3, -0.25) is 14.9 Å². The van der Waals surface area contributed by atoms with E-state index in [1.165, 1.54) is 6.26 Å². The Morgan fingerprint density at radius 1 is 1.09 bits per heavy atom. The van der Waals surface area contributed by atoms with Crippen LogP contribution in [0.25, 0.3) is 0 Å². The summed E-state index contributed by atoms with van der Waals surface area (Å²) in [6.07, 6.45) is 1.24. The van der Waals surface area contributed by atoms with Gasteiger partial charge in [-0.05, 0) is 17.7 Å². The van der Waals surface area contributed by atoms with Crippen LogP contribution in [-0.2, 0) is 22.7 Å². The molecule has 22 heavy (non-hydrogen) atoms. The van der Waals surface area contributed by atoms with E-state index in [-0.39, 0.29) is 12.3 Å². The fraction of sp³-hybridized carbons (Fsp3) is 0.250. The maximum atomic E-state index is 12.1. The number of carboxylic acid groups (broad SMARTS) is 1. The Balaban J connectivity index is 1.89. The predicted molar refractivity (Wildman–Crippen MR) is 79.9 cm³/mol. The zero-order valence-electron chi connectivity index (χ0n) is 12.0. The lowest BCUT2D eigenvalue weighted by Crippen LogP contribution is -2.44. The Labute approximate surface area is 128 Å². The van der Waals surface area contributed by atoms with Crippen molar-refractivity contribution in [1.82, 2.24) is 10.6 Å². The lowest BCUT2D eigenvalue weighted by molar-refractivity contribution is -0.140. The molecule has 0 fully saturated rings. The third kappa shape index (κ3) is 5.06. The van der Waals surface area contributed by atoms with Gasteiger partial charge in [-0.15, -0.1) is 0 Å². The van der Waals surface area contributed by atoms with Gasteiger partial charge in [0.25, 0.3) is 0 Å². The number of carbonyl (C=O) groups excluding carboxylic acids is 1. The molecule has 2 aromatic rings. The van der Waals surface area contributed by atoms with Crippen molar-refractivity contribution in [3.05, 3.63) is 60.1 Å². The standard InChI is InChI=1S/C16H18N2O4/c19-15(20)9-14(17-11-13-7-4-8-22-13)16(21)18-10-12-5-2-1-3-6-12/h1-8,14,17H,9-11H2,(H,18,21)(H,19,20). The van der Waals surface area contributed by atoms with Crippen LogP contribution in [0.1, 0.15) is 17.7 Å². The Bertz CT molecular complexity index is 596. The van der Waals surface area contributed by atoms with Crippen molar-refractivity contribution in [3.8, 4) is 0 Å². The maximum Gasteiger partial charge on any atom is 0.305 e. The third-order valence-electron chi connectivity index (χ3n) is 3.11. The van der Waals surface area contributed by atoms with E-state index in [1.807, 2.05) is 30.3 Å². The number of hydrogen-bond acceptors (Lipinski definition) is 4. The maximum absolute atomic E-state index is 12.1. The number of benzene rings is 1. The SMILES string of the molecule is O=C(O)CC(NCc1ccco1)C(=O)NCc1ccccc1. The van der Waals surface area contributed by atoms with Gasteiger partial charge in [0.2, 0.25) is 5.91 Å². The van der Waals surface area contributed by atoms with Crippen LogP contribution in [0.5, 0.6) is 0 Å². The fourth-order valence-corrected chi connectivity index (χ4v) is 1.98. The molecule has 116 valence electrons. The summed E-state index contributed by atoms with van der Waals surface area (Å²) in [7, 11) is 0. The molecule has 2 rings (SSSR count). The summed E-state index contributed by atoms with van der Waals surface area (Å²) in [5.74, 6) is -0.740. The number of nitrogens with one attached hydrogen (secondary N) is 2. The lowest BCUT2D eigenvalue weighted by atomic mass is 10.1. The number of carboxylic acids is 1. The number of hydrogen-bond donors (Lipinski definition) is 3. The summed E-state index contributed by atoms with van der Waals surface area (Å²) in [6.45, 7) is 0.655. The molecule has 0 aliphatic rings. The van der Waals surface area contributed by atoms with Gasteiger partial charge in [-0.25, -0.2) is 0 Å². The molecule has 0 aliphatic carbocycles. The van der Waals surface area contributed by atoms with Crippen LogP contribution in [0.4, 0.5) is 0 Å². The number of carbonyl (C=O) groups is 2. The van der Waals surface area contributed by atoms with Crippen molar-refractivity contribution in [2.45, 2.75) is 25.6 Å². The molecule has 1 atom stereocenters. The fourth-order valence-electron chi connectivity index (χ4n) is 1.98. The second kappa shape index (κ2) is 7.99. The molecule has 0 saturated carbocycles.